The first-order valence-corrected chi connectivity index (χ1v) is 9.19. The summed E-state index contributed by atoms with van der Waals surface area (Å²) in [5.74, 6) is -0.453. The Balaban J connectivity index is 1.78. The molecule has 0 aliphatic carbocycles. The van der Waals surface area contributed by atoms with E-state index in [1.165, 1.54) is 12.3 Å². The molecular weight excluding hydrogens is 374 g/mol. The van der Waals surface area contributed by atoms with Crippen LogP contribution in [0.15, 0.2) is 66.9 Å². The van der Waals surface area contributed by atoms with Gasteiger partial charge in [0, 0.05) is 11.3 Å². The van der Waals surface area contributed by atoms with E-state index in [2.05, 4.69) is 15.4 Å². The number of rotatable bonds is 5. The van der Waals surface area contributed by atoms with Crippen molar-refractivity contribution in [1.29, 1.82) is 0 Å². The quantitative estimate of drug-likeness (QED) is 0.511. The Morgan fingerprint density at radius 2 is 1.90 bits per heavy atom. The van der Waals surface area contributed by atoms with E-state index in [0.29, 0.717) is 16.9 Å². The van der Waals surface area contributed by atoms with Crippen molar-refractivity contribution in [3.05, 3.63) is 83.7 Å². The molecule has 0 bridgehead atoms. The lowest BCUT2D eigenvalue weighted by Gasteiger charge is -2.09. The molecule has 0 aliphatic heterocycles. The van der Waals surface area contributed by atoms with Gasteiger partial charge in [-0.2, -0.15) is 5.10 Å². The number of halogens is 2. The van der Waals surface area contributed by atoms with Gasteiger partial charge in [0.15, 0.2) is 5.65 Å². The average molecular weight is 392 g/mol. The number of fused-ring (bicyclic) bond motifs is 1. The number of nitrogens with zero attached hydrogens (tertiary/aromatic N) is 3. The number of carbonyl (C=O) groups excluding carboxylic acids is 1. The summed E-state index contributed by atoms with van der Waals surface area (Å²) >= 11 is 0. The van der Waals surface area contributed by atoms with Gasteiger partial charge < -0.3 is 5.32 Å². The van der Waals surface area contributed by atoms with E-state index in [4.69, 9.17) is 0 Å². The van der Waals surface area contributed by atoms with Crippen LogP contribution in [0.3, 0.4) is 0 Å². The molecule has 1 N–H and O–H groups in total. The molecule has 0 radical (unpaired) electrons. The molecule has 0 saturated heterocycles. The van der Waals surface area contributed by atoms with Gasteiger partial charge in [-0.15, -0.1) is 0 Å². The smallest absolute Gasteiger partial charge is 0.280 e. The zero-order valence-electron chi connectivity index (χ0n) is 15.6. The van der Waals surface area contributed by atoms with Crippen LogP contribution in [0.4, 0.5) is 14.5 Å². The van der Waals surface area contributed by atoms with Crippen LogP contribution in [0.1, 0.15) is 35.0 Å². The predicted molar refractivity (Wildman–Crippen MR) is 107 cm³/mol. The molecule has 7 heteroatoms. The van der Waals surface area contributed by atoms with E-state index in [-0.39, 0.29) is 16.9 Å². The fraction of sp³-hybridized carbons (Fsp3) is 0.136. The second-order valence-electron chi connectivity index (χ2n) is 6.53. The number of carbonyl (C=O) groups is 1. The van der Waals surface area contributed by atoms with Crippen molar-refractivity contribution in [1.82, 2.24) is 14.6 Å². The van der Waals surface area contributed by atoms with E-state index in [1.54, 1.807) is 30.3 Å². The Bertz CT molecular complexity index is 1170. The molecule has 2 aromatic carbocycles. The van der Waals surface area contributed by atoms with Crippen molar-refractivity contribution in [2.24, 2.45) is 0 Å². The molecule has 1 amide bonds. The fourth-order valence-electron chi connectivity index (χ4n) is 3.13. The maximum Gasteiger partial charge on any atom is 0.280 e. The number of nitrogens with one attached hydrogen (secondary N) is 1. The van der Waals surface area contributed by atoms with Gasteiger partial charge in [-0.05, 0) is 30.2 Å². The highest BCUT2D eigenvalue weighted by atomic mass is 19.3. The lowest BCUT2D eigenvalue weighted by atomic mass is 10.1. The highest BCUT2D eigenvalue weighted by Crippen LogP contribution is 2.27. The number of amides is 1. The van der Waals surface area contributed by atoms with Gasteiger partial charge in [0.25, 0.3) is 12.3 Å². The van der Waals surface area contributed by atoms with Gasteiger partial charge in [0.2, 0.25) is 0 Å². The summed E-state index contributed by atoms with van der Waals surface area (Å²) in [6.07, 6.45) is -0.665. The summed E-state index contributed by atoms with van der Waals surface area (Å²) < 4.78 is 28.3. The van der Waals surface area contributed by atoms with E-state index in [9.17, 15) is 13.6 Å². The lowest BCUT2D eigenvalue weighted by Crippen LogP contribution is -2.13. The van der Waals surface area contributed by atoms with Crippen LogP contribution in [-0.4, -0.2) is 20.5 Å². The number of alkyl halides is 2. The standard InChI is InChI=1S/C22H18F2N4O/c1-2-14-7-6-10-16(11-14)26-22(29)17-13-25-28-19(20(23)24)12-18(27-21(17)28)15-8-4-3-5-9-15/h3-13,20H,2H2,1H3,(H,26,29). The summed E-state index contributed by atoms with van der Waals surface area (Å²) in [6, 6.07) is 17.7. The Kier molecular flexibility index (Phi) is 5.03. The molecule has 2 heterocycles. The molecule has 0 unspecified atom stereocenters. The molecular formula is C22H18F2N4O. The van der Waals surface area contributed by atoms with Crippen LogP contribution in [0.2, 0.25) is 0 Å². The van der Waals surface area contributed by atoms with Crippen LogP contribution in [0.5, 0.6) is 0 Å². The molecule has 5 nitrogen and oxygen atoms in total. The number of aryl methyl sites for hydroxylation is 1. The summed E-state index contributed by atoms with van der Waals surface area (Å²) in [5.41, 5.74) is 2.64. The van der Waals surface area contributed by atoms with Crippen LogP contribution in [0.25, 0.3) is 16.9 Å². The molecule has 4 aromatic rings. The van der Waals surface area contributed by atoms with Crippen LogP contribution in [0, 0.1) is 0 Å². The van der Waals surface area contributed by atoms with Crippen molar-refractivity contribution in [2.75, 3.05) is 5.32 Å². The van der Waals surface area contributed by atoms with Crippen molar-refractivity contribution in [2.45, 2.75) is 19.8 Å². The van der Waals surface area contributed by atoms with Crippen LogP contribution in [-0.2, 0) is 6.42 Å². The Morgan fingerprint density at radius 1 is 1.10 bits per heavy atom. The minimum Gasteiger partial charge on any atom is -0.322 e. The molecule has 29 heavy (non-hydrogen) atoms. The van der Waals surface area contributed by atoms with Gasteiger partial charge in [0.05, 0.1) is 11.9 Å². The van der Waals surface area contributed by atoms with Gasteiger partial charge in [0.1, 0.15) is 11.3 Å². The lowest BCUT2D eigenvalue weighted by molar-refractivity contribution is 0.102. The number of hydrogen-bond donors (Lipinski definition) is 1. The fourth-order valence-corrected chi connectivity index (χ4v) is 3.13. The van der Waals surface area contributed by atoms with Gasteiger partial charge in [-0.3, -0.25) is 4.79 Å². The zero-order chi connectivity index (χ0) is 20.4. The highest BCUT2D eigenvalue weighted by molar-refractivity contribution is 6.08. The highest BCUT2D eigenvalue weighted by Gasteiger charge is 2.21. The first-order valence-electron chi connectivity index (χ1n) is 9.19. The third-order valence-electron chi connectivity index (χ3n) is 4.63. The second kappa shape index (κ2) is 7.79. The summed E-state index contributed by atoms with van der Waals surface area (Å²) in [5, 5.41) is 6.78. The minimum atomic E-state index is -2.76. The number of hydrogen-bond acceptors (Lipinski definition) is 3. The Labute approximate surface area is 166 Å². The van der Waals surface area contributed by atoms with Crippen molar-refractivity contribution in [3.8, 4) is 11.3 Å². The number of benzene rings is 2. The van der Waals surface area contributed by atoms with Crippen LogP contribution < -0.4 is 5.32 Å². The first kappa shape index (κ1) is 18.7. The molecule has 0 spiro atoms. The van der Waals surface area contributed by atoms with Crippen LogP contribution >= 0.6 is 0 Å². The maximum absolute atomic E-state index is 13.6. The second-order valence-corrected chi connectivity index (χ2v) is 6.53. The minimum absolute atomic E-state index is 0.0887. The Hall–Kier alpha value is -3.61. The maximum atomic E-state index is 13.6. The monoisotopic (exact) mass is 392 g/mol. The zero-order valence-corrected chi connectivity index (χ0v) is 15.6. The molecule has 2 aromatic heterocycles. The molecule has 0 atom stereocenters. The van der Waals surface area contributed by atoms with Gasteiger partial charge >= 0.3 is 0 Å². The van der Waals surface area contributed by atoms with E-state index >= 15 is 0 Å². The average Bonchev–Trinajstić information content (AvgIpc) is 3.18. The van der Waals surface area contributed by atoms with Crippen molar-refractivity contribution >= 4 is 17.2 Å². The number of aromatic nitrogens is 3. The van der Waals surface area contributed by atoms with Gasteiger partial charge in [-0.25, -0.2) is 18.3 Å². The molecule has 0 saturated carbocycles. The predicted octanol–water partition coefficient (Wildman–Crippen LogP) is 5.15. The van der Waals surface area contributed by atoms with E-state index in [1.807, 2.05) is 31.2 Å². The topological polar surface area (TPSA) is 59.3 Å². The molecule has 0 aliphatic rings. The largest absolute Gasteiger partial charge is 0.322 e. The molecule has 0 fully saturated rings. The third-order valence-corrected chi connectivity index (χ3v) is 4.63. The summed E-state index contributed by atoms with van der Waals surface area (Å²) in [4.78, 5) is 17.3. The van der Waals surface area contributed by atoms with Crippen molar-refractivity contribution < 1.29 is 13.6 Å². The third kappa shape index (κ3) is 3.71. The first-order chi connectivity index (χ1) is 14.1. The number of anilines is 1. The normalized spacial score (nSPS) is 11.2. The summed E-state index contributed by atoms with van der Waals surface area (Å²) in [7, 11) is 0. The Morgan fingerprint density at radius 3 is 2.62 bits per heavy atom. The van der Waals surface area contributed by atoms with Gasteiger partial charge in [-0.1, -0.05) is 49.4 Å². The molecule has 4 rings (SSSR count). The molecule has 146 valence electrons. The van der Waals surface area contributed by atoms with E-state index < -0.39 is 12.3 Å². The van der Waals surface area contributed by atoms with Crippen molar-refractivity contribution in [3.63, 3.8) is 0 Å². The summed E-state index contributed by atoms with van der Waals surface area (Å²) in [6.45, 7) is 2.02. The van der Waals surface area contributed by atoms with E-state index in [0.717, 1.165) is 16.5 Å². The SMILES string of the molecule is CCc1cccc(NC(=O)c2cnn3c(C(F)F)cc(-c4ccccc4)nc23)c1.